The summed E-state index contributed by atoms with van der Waals surface area (Å²) < 4.78 is 0. The normalized spacial score (nSPS) is 36.8. The Morgan fingerprint density at radius 3 is 2.73 bits per heavy atom. The van der Waals surface area contributed by atoms with E-state index in [1.165, 1.54) is 0 Å². The third kappa shape index (κ3) is 1.20. The Labute approximate surface area is 88.2 Å². The zero-order valence-corrected chi connectivity index (χ0v) is 8.61. The SMILES string of the molecule is O=C(O)C1CCC2N(C1)C(=O)CC21CC1. The first-order chi connectivity index (χ1) is 7.12. The monoisotopic (exact) mass is 209 g/mol. The highest BCUT2D eigenvalue weighted by Gasteiger charge is 2.60. The number of aliphatic carboxylic acids is 1. The van der Waals surface area contributed by atoms with Crippen LogP contribution >= 0.6 is 0 Å². The van der Waals surface area contributed by atoms with E-state index >= 15 is 0 Å². The number of nitrogens with zero attached hydrogens (tertiary/aromatic N) is 1. The fraction of sp³-hybridized carbons (Fsp3) is 0.818. The summed E-state index contributed by atoms with van der Waals surface area (Å²) in [7, 11) is 0. The number of piperidine rings is 1. The van der Waals surface area contributed by atoms with Crippen LogP contribution in [0.2, 0.25) is 0 Å². The van der Waals surface area contributed by atoms with Crippen LogP contribution in [0.5, 0.6) is 0 Å². The van der Waals surface area contributed by atoms with Gasteiger partial charge in [-0.05, 0) is 31.1 Å². The largest absolute Gasteiger partial charge is 0.481 e. The molecule has 0 bridgehead atoms. The van der Waals surface area contributed by atoms with E-state index in [9.17, 15) is 9.59 Å². The highest BCUT2D eigenvalue weighted by molar-refractivity contribution is 5.82. The zero-order valence-electron chi connectivity index (χ0n) is 8.61. The van der Waals surface area contributed by atoms with Crippen molar-refractivity contribution < 1.29 is 14.7 Å². The molecule has 3 rings (SSSR count). The van der Waals surface area contributed by atoms with Gasteiger partial charge in [-0.1, -0.05) is 0 Å². The number of carboxylic acids is 1. The molecule has 4 nitrogen and oxygen atoms in total. The molecule has 3 fully saturated rings. The van der Waals surface area contributed by atoms with Gasteiger partial charge in [-0.3, -0.25) is 9.59 Å². The number of rotatable bonds is 1. The van der Waals surface area contributed by atoms with Crippen LogP contribution < -0.4 is 0 Å². The quantitative estimate of drug-likeness (QED) is 0.697. The van der Waals surface area contributed by atoms with E-state index in [1.54, 1.807) is 0 Å². The summed E-state index contributed by atoms with van der Waals surface area (Å²) >= 11 is 0. The minimum absolute atomic E-state index is 0.184. The second-order valence-electron chi connectivity index (χ2n) is 5.21. The third-order valence-corrected chi connectivity index (χ3v) is 4.35. The fourth-order valence-electron chi connectivity index (χ4n) is 3.28. The van der Waals surface area contributed by atoms with Crippen molar-refractivity contribution in [1.82, 2.24) is 4.90 Å². The molecule has 0 aromatic rings. The number of carbonyl (C=O) groups is 2. The van der Waals surface area contributed by atoms with Crippen molar-refractivity contribution in [2.45, 2.75) is 38.1 Å². The second-order valence-corrected chi connectivity index (χ2v) is 5.21. The highest BCUT2D eigenvalue weighted by Crippen LogP contribution is 2.59. The first kappa shape index (κ1) is 9.19. The van der Waals surface area contributed by atoms with Crippen molar-refractivity contribution in [3.05, 3.63) is 0 Å². The number of carbonyl (C=O) groups excluding carboxylic acids is 1. The van der Waals surface area contributed by atoms with Gasteiger partial charge in [0.25, 0.3) is 0 Å². The minimum atomic E-state index is -0.752. The number of carboxylic acid groups (broad SMARTS) is 1. The van der Waals surface area contributed by atoms with Crippen molar-refractivity contribution in [3.8, 4) is 0 Å². The first-order valence-corrected chi connectivity index (χ1v) is 5.65. The van der Waals surface area contributed by atoms with Crippen LogP contribution in [0.3, 0.4) is 0 Å². The van der Waals surface area contributed by atoms with Crippen LogP contribution in [0, 0.1) is 11.3 Å². The van der Waals surface area contributed by atoms with Gasteiger partial charge in [0, 0.05) is 19.0 Å². The molecule has 1 spiro atoms. The molecule has 0 aromatic carbocycles. The van der Waals surface area contributed by atoms with Crippen LogP contribution in [0.15, 0.2) is 0 Å². The van der Waals surface area contributed by atoms with Gasteiger partial charge in [-0.2, -0.15) is 0 Å². The number of fused-ring (bicyclic) bond motifs is 2. The fourth-order valence-corrected chi connectivity index (χ4v) is 3.28. The molecular formula is C11H15NO3. The Morgan fingerprint density at radius 2 is 2.13 bits per heavy atom. The van der Waals surface area contributed by atoms with Gasteiger partial charge >= 0.3 is 5.97 Å². The summed E-state index contributed by atoms with van der Waals surface area (Å²) in [5.41, 5.74) is 0.264. The summed E-state index contributed by atoms with van der Waals surface area (Å²) in [5, 5.41) is 8.95. The lowest BCUT2D eigenvalue weighted by atomic mass is 9.86. The first-order valence-electron chi connectivity index (χ1n) is 5.65. The smallest absolute Gasteiger partial charge is 0.308 e. The predicted octanol–water partition coefficient (Wildman–Crippen LogP) is 0.862. The lowest BCUT2D eigenvalue weighted by Gasteiger charge is -2.35. The van der Waals surface area contributed by atoms with E-state index < -0.39 is 5.97 Å². The van der Waals surface area contributed by atoms with Crippen LogP contribution in [-0.2, 0) is 9.59 Å². The van der Waals surface area contributed by atoms with Gasteiger partial charge in [-0.15, -0.1) is 0 Å². The molecule has 3 aliphatic rings. The highest BCUT2D eigenvalue weighted by atomic mass is 16.4. The Kier molecular flexibility index (Phi) is 1.68. The van der Waals surface area contributed by atoms with Gasteiger partial charge in [0.05, 0.1) is 5.92 Å². The second kappa shape index (κ2) is 2.74. The average molecular weight is 209 g/mol. The molecule has 0 radical (unpaired) electrons. The van der Waals surface area contributed by atoms with E-state index in [2.05, 4.69) is 0 Å². The van der Waals surface area contributed by atoms with Crippen molar-refractivity contribution in [1.29, 1.82) is 0 Å². The van der Waals surface area contributed by atoms with Crippen LogP contribution in [0.1, 0.15) is 32.1 Å². The summed E-state index contributed by atoms with van der Waals surface area (Å²) in [6, 6.07) is 0.362. The topological polar surface area (TPSA) is 57.6 Å². The summed E-state index contributed by atoms with van der Waals surface area (Å²) in [4.78, 5) is 24.5. The molecular weight excluding hydrogens is 194 g/mol. The number of hydrogen-bond donors (Lipinski definition) is 1. The Balaban J connectivity index is 1.80. The van der Waals surface area contributed by atoms with E-state index in [-0.39, 0.29) is 17.2 Å². The lowest BCUT2D eigenvalue weighted by molar-refractivity contribution is -0.145. The molecule has 4 heteroatoms. The van der Waals surface area contributed by atoms with Gasteiger partial charge in [-0.25, -0.2) is 0 Å². The van der Waals surface area contributed by atoms with Crippen LogP contribution in [0.25, 0.3) is 0 Å². The predicted molar refractivity (Wildman–Crippen MR) is 52.1 cm³/mol. The Hall–Kier alpha value is -1.06. The molecule has 2 heterocycles. The number of hydrogen-bond acceptors (Lipinski definition) is 2. The molecule has 15 heavy (non-hydrogen) atoms. The maximum Gasteiger partial charge on any atom is 0.308 e. The molecule has 2 unspecified atom stereocenters. The minimum Gasteiger partial charge on any atom is -0.481 e. The molecule has 0 aromatic heterocycles. The standard InChI is InChI=1S/C11H15NO3/c13-9-5-11(3-4-11)8-2-1-7(10(14)15)6-12(8)9/h7-8H,1-6H2,(H,14,15). The molecule has 1 amide bonds. The zero-order chi connectivity index (χ0) is 10.6. The summed E-state index contributed by atoms with van der Waals surface area (Å²) in [6.45, 7) is 0.445. The van der Waals surface area contributed by atoms with E-state index in [1.807, 2.05) is 4.90 Å². The van der Waals surface area contributed by atoms with E-state index in [0.29, 0.717) is 19.0 Å². The molecule has 1 saturated carbocycles. The van der Waals surface area contributed by atoms with Crippen molar-refractivity contribution in [2.75, 3.05) is 6.54 Å². The lowest BCUT2D eigenvalue weighted by Crippen LogP contribution is -2.45. The Morgan fingerprint density at radius 1 is 1.40 bits per heavy atom. The van der Waals surface area contributed by atoms with Gasteiger partial charge in [0.1, 0.15) is 0 Å². The maximum absolute atomic E-state index is 11.8. The van der Waals surface area contributed by atoms with Gasteiger partial charge < -0.3 is 10.0 Å². The van der Waals surface area contributed by atoms with Crippen molar-refractivity contribution in [2.24, 2.45) is 11.3 Å². The maximum atomic E-state index is 11.8. The molecule has 82 valence electrons. The molecule has 1 aliphatic carbocycles. The third-order valence-electron chi connectivity index (χ3n) is 4.35. The van der Waals surface area contributed by atoms with Crippen molar-refractivity contribution in [3.63, 3.8) is 0 Å². The van der Waals surface area contributed by atoms with E-state index in [0.717, 1.165) is 25.7 Å². The summed E-state index contributed by atoms with van der Waals surface area (Å²) in [5.74, 6) is -0.902. The van der Waals surface area contributed by atoms with Gasteiger partial charge in [0.2, 0.25) is 5.91 Å². The van der Waals surface area contributed by atoms with Crippen molar-refractivity contribution >= 4 is 11.9 Å². The van der Waals surface area contributed by atoms with E-state index in [4.69, 9.17) is 5.11 Å². The molecule has 1 N–H and O–H groups in total. The Bertz CT molecular complexity index is 335. The molecule has 2 atom stereocenters. The molecule has 2 aliphatic heterocycles. The summed E-state index contributed by atoms with van der Waals surface area (Å²) in [6.07, 6.45) is 4.63. The average Bonchev–Trinajstić information content (AvgIpc) is 2.91. The van der Waals surface area contributed by atoms with Crippen LogP contribution in [-0.4, -0.2) is 34.5 Å². The van der Waals surface area contributed by atoms with Gasteiger partial charge in [0.15, 0.2) is 0 Å². The number of amides is 1. The van der Waals surface area contributed by atoms with Crippen LogP contribution in [0.4, 0.5) is 0 Å². The molecule has 2 saturated heterocycles.